The van der Waals surface area contributed by atoms with Crippen molar-refractivity contribution in [3.8, 4) is 0 Å². The number of hydrogen-bond donors (Lipinski definition) is 1. The van der Waals surface area contributed by atoms with Gasteiger partial charge in [0.2, 0.25) is 0 Å². The van der Waals surface area contributed by atoms with Crippen molar-refractivity contribution in [3.05, 3.63) is 0 Å². The summed E-state index contributed by atoms with van der Waals surface area (Å²) in [5.41, 5.74) is 0.416. The van der Waals surface area contributed by atoms with Crippen LogP contribution in [0.15, 0.2) is 0 Å². The number of rotatable bonds is 4. The number of nitrogens with one attached hydrogen (secondary N) is 1. The maximum Gasteiger partial charge on any atom is 0.136 e. The summed E-state index contributed by atoms with van der Waals surface area (Å²) in [6.45, 7) is 3.11. The molecule has 1 saturated carbocycles. The van der Waals surface area contributed by atoms with Gasteiger partial charge in [0.05, 0.1) is 6.10 Å². The predicted molar refractivity (Wildman–Crippen MR) is 65.9 cm³/mol. The average molecular weight is 237 g/mol. The number of hydrogen-bond acceptors (Lipinski definition) is 3. The number of carbonyl (C=O) groups is 1. The second-order valence-electron chi connectivity index (χ2n) is 6.01. The van der Waals surface area contributed by atoms with Gasteiger partial charge in [-0.15, -0.1) is 0 Å². The Labute approximate surface area is 103 Å². The first-order chi connectivity index (χ1) is 8.30. The fourth-order valence-corrected chi connectivity index (χ4v) is 3.63. The van der Waals surface area contributed by atoms with E-state index in [0.29, 0.717) is 23.2 Å². The standard InChI is InChI=1S/C14H23NO2/c16-13(4-3-11-2-1-9-17-11)12-10-14(12)5-7-15-8-6-14/h11-12,15H,1-10H2. The zero-order valence-electron chi connectivity index (χ0n) is 10.5. The molecule has 1 aliphatic carbocycles. The average Bonchev–Trinajstić information content (AvgIpc) is 2.82. The topological polar surface area (TPSA) is 38.3 Å². The molecule has 2 saturated heterocycles. The van der Waals surface area contributed by atoms with Crippen molar-refractivity contribution in [2.24, 2.45) is 11.3 Å². The van der Waals surface area contributed by atoms with E-state index < -0.39 is 0 Å². The molecular formula is C14H23NO2. The molecule has 1 spiro atoms. The molecule has 0 amide bonds. The predicted octanol–water partition coefficient (Wildman–Crippen LogP) is 1.90. The third-order valence-corrected chi connectivity index (χ3v) is 4.91. The van der Waals surface area contributed by atoms with E-state index in [-0.39, 0.29) is 0 Å². The molecule has 0 aromatic carbocycles. The summed E-state index contributed by atoms with van der Waals surface area (Å²) in [4.78, 5) is 12.2. The van der Waals surface area contributed by atoms with Gasteiger partial charge in [-0.25, -0.2) is 0 Å². The largest absolute Gasteiger partial charge is 0.378 e. The summed E-state index contributed by atoms with van der Waals surface area (Å²) < 4.78 is 5.58. The lowest BCUT2D eigenvalue weighted by atomic mass is 9.89. The van der Waals surface area contributed by atoms with Crippen LogP contribution in [0.5, 0.6) is 0 Å². The molecule has 3 aliphatic rings. The third kappa shape index (κ3) is 2.41. The SMILES string of the molecule is O=C(CCC1CCCO1)C1CC12CCNCC2. The van der Waals surface area contributed by atoms with E-state index in [0.717, 1.165) is 39.0 Å². The van der Waals surface area contributed by atoms with E-state index in [1.807, 2.05) is 0 Å². The van der Waals surface area contributed by atoms with E-state index >= 15 is 0 Å². The van der Waals surface area contributed by atoms with Gasteiger partial charge >= 0.3 is 0 Å². The van der Waals surface area contributed by atoms with Gasteiger partial charge in [0.15, 0.2) is 0 Å². The van der Waals surface area contributed by atoms with Crippen molar-refractivity contribution >= 4 is 5.78 Å². The van der Waals surface area contributed by atoms with Gasteiger partial charge in [-0.2, -0.15) is 0 Å². The minimum absolute atomic E-state index is 0.377. The molecule has 2 atom stereocenters. The number of Topliss-reactive ketones (excluding diaryl/α,β-unsaturated/α-hetero) is 1. The van der Waals surface area contributed by atoms with Crippen LogP contribution in [-0.2, 0) is 9.53 Å². The van der Waals surface area contributed by atoms with E-state index in [4.69, 9.17) is 4.74 Å². The molecule has 17 heavy (non-hydrogen) atoms. The van der Waals surface area contributed by atoms with Gasteiger partial charge in [0, 0.05) is 18.9 Å². The Balaban J connectivity index is 1.44. The zero-order chi connectivity index (χ0) is 11.7. The van der Waals surface area contributed by atoms with Crippen LogP contribution >= 0.6 is 0 Å². The lowest BCUT2D eigenvalue weighted by Crippen LogP contribution is -2.30. The van der Waals surface area contributed by atoms with Crippen LogP contribution < -0.4 is 5.32 Å². The van der Waals surface area contributed by atoms with Crippen molar-refractivity contribution in [2.75, 3.05) is 19.7 Å². The molecule has 3 nitrogen and oxygen atoms in total. The van der Waals surface area contributed by atoms with Crippen LogP contribution in [0.25, 0.3) is 0 Å². The lowest BCUT2D eigenvalue weighted by Gasteiger charge is -2.23. The fourth-order valence-electron chi connectivity index (χ4n) is 3.63. The molecule has 3 rings (SSSR count). The Kier molecular flexibility index (Phi) is 3.22. The van der Waals surface area contributed by atoms with Gasteiger partial charge in [0.1, 0.15) is 5.78 Å². The third-order valence-electron chi connectivity index (χ3n) is 4.91. The first-order valence-corrected chi connectivity index (χ1v) is 7.15. The maximum absolute atomic E-state index is 12.2. The second-order valence-corrected chi connectivity index (χ2v) is 6.01. The number of ketones is 1. The van der Waals surface area contributed by atoms with E-state index in [9.17, 15) is 4.79 Å². The zero-order valence-corrected chi connectivity index (χ0v) is 10.5. The smallest absolute Gasteiger partial charge is 0.136 e. The van der Waals surface area contributed by atoms with Crippen LogP contribution in [0.3, 0.4) is 0 Å². The molecule has 2 heterocycles. The van der Waals surface area contributed by atoms with E-state index in [2.05, 4.69) is 5.32 Å². The Morgan fingerprint density at radius 3 is 2.88 bits per heavy atom. The Morgan fingerprint density at radius 1 is 1.35 bits per heavy atom. The summed E-state index contributed by atoms with van der Waals surface area (Å²) in [6.07, 6.45) is 8.02. The van der Waals surface area contributed by atoms with Gasteiger partial charge in [-0.05, 0) is 57.0 Å². The van der Waals surface area contributed by atoms with Crippen molar-refractivity contribution in [1.82, 2.24) is 5.32 Å². The van der Waals surface area contributed by atoms with Gasteiger partial charge in [0.25, 0.3) is 0 Å². The molecule has 0 bridgehead atoms. The highest BCUT2D eigenvalue weighted by Crippen LogP contribution is 2.59. The molecular weight excluding hydrogens is 214 g/mol. The molecule has 2 unspecified atom stereocenters. The summed E-state index contributed by atoms with van der Waals surface area (Å²) in [7, 11) is 0. The lowest BCUT2D eigenvalue weighted by molar-refractivity contribution is -0.121. The molecule has 3 fully saturated rings. The highest BCUT2D eigenvalue weighted by molar-refractivity contribution is 5.84. The van der Waals surface area contributed by atoms with Crippen LogP contribution in [-0.4, -0.2) is 31.6 Å². The van der Waals surface area contributed by atoms with Gasteiger partial charge in [-0.3, -0.25) is 4.79 Å². The van der Waals surface area contributed by atoms with E-state index in [1.165, 1.54) is 25.7 Å². The van der Waals surface area contributed by atoms with Crippen LogP contribution in [0, 0.1) is 11.3 Å². The Bertz CT molecular complexity index is 291. The molecule has 0 aromatic heterocycles. The van der Waals surface area contributed by atoms with Gasteiger partial charge < -0.3 is 10.1 Å². The molecule has 1 N–H and O–H groups in total. The first-order valence-electron chi connectivity index (χ1n) is 7.15. The van der Waals surface area contributed by atoms with Crippen LogP contribution in [0.4, 0.5) is 0 Å². The van der Waals surface area contributed by atoms with Crippen molar-refractivity contribution in [3.63, 3.8) is 0 Å². The summed E-state index contributed by atoms with van der Waals surface area (Å²) in [6, 6.07) is 0. The van der Waals surface area contributed by atoms with Crippen LogP contribution in [0.2, 0.25) is 0 Å². The van der Waals surface area contributed by atoms with Crippen molar-refractivity contribution in [1.29, 1.82) is 0 Å². The normalized spacial score (nSPS) is 35.1. The number of ether oxygens (including phenoxy) is 1. The Morgan fingerprint density at radius 2 is 2.18 bits per heavy atom. The highest BCUT2D eigenvalue weighted by Gasteiger charge is 2.56. The van der Waals surface area contributed by atoms with Crippen molar-refractivity contribution in [2.45, 2.75) is 51.0 Å². The molecule has 96 valence electrons. The monoisotopic (exact) mass is 237 g/mol. The summed E-state index contributed by atoms with van der Waals surface area (Å²) in [5, 5.41) is 3.39. The summed E-state index contributed by atoms with van der Waals surface area (Å²) >= 11 is 0. The first kappa shape index (κ1) is 11.7. The number of piperidine rings is 1. The molecule has 0 aromatic rings. The summed E-state index contributed by atoms with van der Waals surface area (Å²) in [5.74, 6) is 0.911. The quantitative estimate of drug-likeness (QED) is 0.811. The second kappa shape index (κ2) is 4.69. The Hall–Kier alpha value is -0.410. The molecule has 0 radical (unpaired) electrons. The van der Waals surface area contributed by atoms with Crippen molar-refractivity contribution < 1.29 is 9.53 Å². The minimum atomic E-state index is 0.377. The minimum Gasteiger partial charge on any atom is -0.378 e. The maximum atomic E-state index is 12.2. The molecule has 3 heteroatoms. The van der Waals surface area contributed by atoms with Crippen LogP contribution in [0.1, 0.15) is 44.9 Å². The molecule has 2 aliphatic heterocycles. The van der Waals surface area contributed by atoms with Gasteiger partial charge in [-0.1, -0.05) is 0 Å². The number of carbonyl (C=O) groups excluding carboxylic acids is 1. The highest BCUT2D eigenvalue weighted by atomic mass is 16.5. The van der Waals surface area contributed by atoms with E-state index in [1.54, 1.807) is 0 Å². The fraction of sp³-hybridized carbons (Fsp3) is 0.929.